The standard InChI is InChI=1S/C27H48O4/c1-17(2)13-22(14-18(3)4)30-26(28)24-12-10-11-21(9)25(24)27(29)31-23(15-19(5)6)16-20(7)8/h10-11,17-25H,12-16H2,1-9H3. The fraction of sp³-hybridized carbons (Fsp3) is 0.852. The van der Waals surface area contributed by atoms with Crippen molar-refractivity contribution in [3.8, 4) is 0 Å². The average molecular weight is 437 g/mol. The molecule has 0 amide bonds. The summed E-state index contributed by atoms with van der Waals surface area (Å²) in [5.41, 5.74) is 0. The molecule has 1 aliphatic carbocycles. The van der Waals surface area contributed by atoms with Gasteiger partial charge in [0.2, 0.25) is 0 Å². The van der Waals surface area contributed by atoms with Crippen LogP contribution < -0.4 is 0 Å². The van der Waals surface area contributed by atoms with Crippen molar-refractivity contribution in [3.63, 3.8) is 0 Å². The zero-order valence-corrected chi connectivity index (χ0v) is 21.5. The Bertz CT molecular complexity index is 556. The first-order chi connectivity index (χ1) is 14.4. The first-order valence-corrected chi connectivity index (χ1v) is 12.5. The van der Waals surface area contributed by atoms with Crippen molar-refractivity contribution in [2.24, 2.45) is 41.4 Å². The molecule has 0 N–H and O–H groups in total. The van der Waals surface area contributed by atoms with Gasteiger partial charge in [0.1, 0.15) is 12.2 Å². The number of allylic oxidation sites excluding steroid dienone is 2. The molecule has 0 aromatic carbocycles. The number of esters is 2. The summed E-state index contributed by atoms with van der Waals surface area (Å²) in [6, 6.07) is 0. The summed E-state index contributed by atoms with van der Waals surface area (Å²) < 4.78 is 12.0. The maximum Gasteiger partial charge on any atom is 0.310 e. The average Bonchev–Trinajstić information content (AvgIpc) is 2.58. The van der Waals surface area contributed by atoms with Crippen LogP contribution in [-0.4, -0.2) is 24.1 Å². The van der Waals surface area contributed by atoms with Crippen LogP contribution in [-0.2, 0) is 19.1 Å². The molecule has 4 heteroatoms. The molecule has 31 heavy (non-hydrogen) atoms. The van der Waals surface area contributed by atoms with Crippen LogP contribution in [0.5, 0.6) is 0 Å². The van der Waals surface area contributed by atoms with E-state index in [-0.39, 0.29) is 30.1 Å². The highest BCUT2D eigenvalue weighted by atomic mass is 16.6. The molecule has 180 valence electrons. The van der Waals surface area contributed by atoms with E-state index in [2.05, 4.69) is 55.4 Å². The molecule has 3 atom stereocenters. The third-order valence-corrected chi connectivity index (χ3v) is 5.91. The minimum atomic E-state index is -0.474. The van der Waals surface area contributed by atoms with Crippen LogP contribution in [0.15, 0.2) is 12.2 Å². The quantitative estimate of drug-likeness (QED) is 0.249. The Morgan fingerprint density at radius 3 is 1.52 bits per heavy atom. The monoisotopic (exact) mass is 436 g/mol. The molecule has 0 saturated heterocycles. The Morgan fingerprint density at radius 1 is 0.742 bits per heavy atom. The zero-order valence-electron chi connectivity index (χ0n) is 21.5. The fourth-order valence-electron chi connectivity index (χ4n) is 4.68. The lowest BCUT2D eigenvalue weighted by atomic mass is 9.76. The van der Waals surface area contributed by atoms with Gasteiger partial charge in [-0.25, -0.2) is 0 Å². The second kappa shape index (κ2) is 13.3. The summed E-state index contributed by atoms with van der Waals surface area (Å²) in [5.74, 6) is 0.355. The van der Waals surface area contributed by atoms with Gasteiger partial charge >= 0.3 is 11.9 Å². The van der Waals surface area contributed by atoms with Gasteiger partial charge in [-0.15, -0.1) is 0 Å². The SMILES string of the molecule is CC(C)CC(CC(C)C)OC(=O)C1CC=CC(C)C1C(=O)OC(CC(C)C)CC(C)C. The molecule has 0 fully saturated rings. The summed E-state index contributed by atoms with van der Waals surface area (Å²) in [7, 11) is 0. The second-order valence-corrected chi connectivity index (χ2v) is 11.3. The summed E-state index contributed by atoms with van der Waals surface area (Å²) in [5, 5.41) is 0. The van der Waals surface area contributed by atoms with Crippen LogP contribution in [0.4, 0.5) is 0 Å². The lowest BCUT2D eigenvalue weighted by molar-refractivity contribution is -0.170. The molecule has 0 radical (unpaired) electrons. The van der Waals surface area contributed by atoms with Crippen LogP contribution >= 0.6 is 0 Å². The first-order valence-electron chi connectivity index (χ1n) is 12.5. The number of ether oxygens (including phenoxy) is 2. The van der Waals surface area contributed by atoms with E-state index in [9.17, 15) is 9.59 Å². The van der Waals surface area contributed by atoms with Gasteiger partial charge in [0.15, 0.2) is 0 Å². The molecular weight excluding hydrogens is 388 g/mol. The van der Waals surface area contributed by atoms with Crippen molar-refractivity contribution in [1.82, 2.24) is 0 Å². The van der Waals surface area contributed by atoms with Gasteiger partial charge in [-0.2, -0.15) is 0 Å². The smallest absolute Gasteiger partial charge is 0.310 e. The van der Waals surface area contributed by atoms with E-state index in [1.165, 1.54) is 0 Å². The maximum absolute atomic E-state index is 13.3. The van der Waals surface area contributed by atoms with Crippen molar-refractivity contribution >= 4 is 11.9 Å². The van der Waals surface area contributed by atoms with E-state index in [0.717, 1.165) is 25.7 Å². The first kappa shape index (κ1) is 27.7. The zero-order chi connectivity index (χ0) is 23.7. The maximum atomic E-state index is 13.3. The number of hydrogen-bond acceptors (Lipinski definition) is 4. The third-order valence-electron chi connectivity index (χ3n) is 5.91. The van der Waals surface area contributed by atoms with Crippen molar-refractivity contribution in [3.05, 3.63) is 12.2 Å². The minimum Gasteiger partial charge on any atom is -0.462 e. The van der Waals surface area contributed by atoms with Crippen molar-refractivity contribution in [2.75, 3.05) is 0 Å². The Hall–Kier alpha value is -1.32. The van der Waals surface area contributed by atoms with Gasteiger partial charge in [0.25, 0.3) is 0 Å². The molecule has 0 aliphatic heterocycles. The minimum absolute atomic E-state index is 0.0359. The Morgan fingerprint density at radius 2 is 1.13 bits per heavy atom. The number of carbonyl (C=O) groups is 2. The van der Waals surface area contributed by atoms with Gasteiger partial charge in [-0.3, -0.25) is 9.59 Å². The number of rotatable bonds is 12. The van der Waals surface area contributed by atoms with Crippen LogP contribution in [0.3, 0.4) is 0 Å². The number of carbonyl (C=O) groups excluding carboxylic acids is 2. The van der Waals surface area contributed by atoms with Gasteiger partial charge in [-0.1, -0.05) is 74.5 Å². The van der Waals surface area contributed by atoms with E-state index in [1.807, 2.05) is 19.1 Å². The van der Waals surface area contributed by atoms with Crippen molar-refractivity contribution in [2.45, 2.75) is 107 Å². The highest BCUT2D eigenvalue weighted by molar-refractivity contribution is 5.83. The second-order valence-electron chi connectivity index (χ2n) is 11.3. The predicted molar refractivity (Wildman–Crippen MR) is 127 cm³/mol. The molecule has 3 unspecified atom stereocenters. The molecule has 4 nitrogen and oxygen atoms in total. The number of hydrogen-bond donors (Lipinski definition) is 0. The topological polar surface area (TPSA) is 52.6 Å². The summed E-state index contributed by atoms with van der Waals surface area (Å²) in [4.78, 5) is 26.5. The lowest BCUT2D eigenvalue weighted by Gasteiger charge is -2.33. The van der Waals surface area contributed by atoms with E-state index < -0.39 is 11.8 Å². The van der Waals surface area contributed by atoms with E-state index in [0.29, 0.717) is 30.1 Å². The summed E-state index contributed by atoms with van der Waals surface area (Å²) in [6.45, 7) is 19.2. The van der Waals surface area contributed by atoms with Gasteiger partial charge < -0.3 is 9.47 Å². The van der Waals surface area contributed by atoms with Crippen LogP contribution in [0.1, 0.15) is 94.4 Å². The van der Waals surface area contributed by atoms with E-state index in [4.69, 9.17) is 9.47 Å². The van der Waals surface area contributed by atoms with E-state index in [1.54, 1.807) is 0 Å². The molecule has 0 saturated carbocycles. The highest BCUT2D eigenvalue weighted by Crippen LogP contribution is 2.34. The van der Waals surface area contributed by atoms with Crippen LogP contribution in [0.25, 0.3) is 0 Å². The molecule has 0 spiro atoms. The largest absolute Gasteiger partial charge is 0.462 e. The summed E-state index contributed by atoms with van der Waals surface area (Å²) in [6.07, 6.45) is 7.79. The molecule has 0 bridgehead atoms. The molecular formula is C27H48O4. The van der Waals surface area contributed by atoms with Crippen molar-refractivity contribution < 1.29 is 19.1 Å². The fourth-order valence-corrected chi connectivity index (χ4v) is 4.68. The third kappa shape index (κ3) is 10.2. The normalized spacial score (nSPS) is 21.7. The van der Waals surface area contributed by atoms with Gasteiger partial charge in [0, 0.05) is 0 Å². The molecule has 1 aliphatic rings. The lowest BCUT2D eigenvalue weighted by Crippen LogP contribution is -2.40. The summed E-state index contributed by atoms with van der Waals surface area (Å²) >= 11 is 0. The highest BCUT2D eigenvalue weighted by Gasteiger charge is 2.41. The predicted octanol–water partition coefficient (Wildman–Crippen LogP) is 6.82. The Balaban J connectivity index is 2.96. The van der Waals surface area contributed by atoms with Crippen LogP contribution in [0, 0.1) is 41.4 Å². The van der Waals surface area contributed by atoms with E-state index >= 15 is 0 Å². The Kier molecular flexibility index (Phi) is 11.9. The van der Waals surface area contributed by atoms with Gasteiger partial charge in [-0.05, 0) is 61.7 Å². The molecule has 0 aromatic heterocycles. The Labute approximate surface area is 191 Å². The molecule has 1 rings (SSSR count). The van der Waals surface area contributed by atoms with Crippen molar-refractivity contribution in [1.29, 1.82) is 0 Å². The molecule has 0 aromatic rings. The van der Waals surface area contributed by atoms with Gasteiger partial charge in [0.05, 0.1) is 11.8 Å². The van der Waals surface area contributed by atoms with Crippen LogP contribution in [0.2, 0.25) is 0 Å². The molecule has 0 heterocycles.